The number of carbonyl (C=O) groups excluding carboxylic acids is 1. The van der Waals surface area contributed by atoms with Crippen LogP contribution in [0.15, 0.2) is 54.6 Å². The molecule has 1 aliphatic heterocycles. The first-order valence-electron chi connectivity index (χ1n) is 7.69. The van der Waals surface area contributed by atoms with Crippen molar-refractivity contribution in [1.29, 1.82) is 0 Å². The molecule has 1 amide bonds. The molecule has 0 radical (unpaired) electrons. The molecule has 1 atom stereocenters. The molecule has 118 valence electrons. The van der Waals surface area contributed by atoms with E-state index in [1.807, 2.05) is 48.5 Å². The number of benzene rings is 2. The maximum absolute atomic E-state index is 12.1. The van der Waals surface area contributed by atoms with Crippen LogP contribution < -0.4 is 14.8 Å². The smallest absolute Gasteiger partial charge is 0.244 e. The van der Waals surface area contributed by atoms with Gasteiger partial charge in [-0.05, 0) is 35.8 Å². The first-order valence-corrected chi connectivity index (χ1v) is 7.69. The van der Waals surface area contributed by atoms with Crippen molar-refractivity contribution >= 4 is 12.0 Å². The lowest BCUT2D eigenvalue weighted by Gasteiger charge is -2.16. The summed E-state index contributed by atoms with van der Waals surface area (Å²) in [7, 11) is 0. The average molecular weight is 309 g/mol. The van der Waals surface area contributed by atoms with Crippen molar-refractivity contribution < 1.29 is 14.3 Å². The lowest BCUT2D eigenvalue weighted by Crippen LogP contribution is -2.26. The molecule has 0 saturated heterocycles. The van der Waals surface area contributed by atoms with Crippen molar-refractivity contribution in [2.24, 2.45) is 0 Å². The zero-order valence-electron chi connectivity index (χ0n) is 13.0. The van der Waals surface area contributed by atoms with Crippen LogP contribution in [-0.2, 0) is 4.79 Å². The van der Waals surface area contributed by atoms with E-state index in [9.17, 15) is 4.79 Å². The van der Waals surface area contributed by atoms with Gasteiger partial charge in [0.15, 0.2) is 11.5 Å². The number of nitrogens with one attached hydrogen (secondary N) is 1. The minimum atomic E-state index is -0.113. The van der Waals surface area contributed by atoms with Crippen LogP contribution in [0, 0.1) is 0 Å². The summed E-state index contributed by atoms with van der Waals surface area (Å²) in [6.07, 6.45) is 4.16. The van der Waals surface area contributed by atoms with Gasteiger partial charge in [0.2, 0.25) is 12.7 Å². The molecule has 2 aromatic rings. The molecule has 1 N–H and O–H groups in total. The first kappa shape index (κ1) is 15.2. The normalized spacial score (nSPS) is 14.0. The van der Waals surface area contributed by atoms with E-state index in [-0.39, 0.29) is 18.7 Å². The predicted molar refractivity (Wildman–Crippen MR) is 89.2 cm³/mol. The highest BCUT2D eigenvalue weighted by Gasteiger charge is 2.13. The van der Waals surface area contributed by atoms with Crippen LogP contribution in [0.2, 0.25) is 0 Å². The van der Waals surface area contributed by atoms with Crippen molar-refractivity contribution in [3.63, 3.8) is 0 Å². The molecule has 1 aliphatic rings. The van der Waals surface area contributed by atoms with E-state index in [0.717, 1.165) is 23.3 Å². The maximum Gasteiger partial charge on any atom is 0.244 e. The number of amides is 1. The van der Waals surface area contributed by atoms with E-state index < -0.39 is 0 Å². The summed E-state index contributed by atoms with van der Waals surface area (Å²) >= 11 is 0. The number of ether oxygens (including phenoxy) is 2. The molecule has 1 heterocycles. The average Bonchev–Trinajstić information content (AvgIpc) is 3.06. The van der Waals surface area contributed by atoms with Crippen molar-refractivity contribution in [1.82, 2.24) is 5.32 Å². The van der Waals surface area contributed by atoms with Gasteiger partial charge in [-0.15, -0.1) is 0 Å². The Morgan fingerprint density at radius 3 is 2.74 bits per heavy atom. The Labute approximate surface area is 135 Å². The molecule has 0 aromatic heterocycles. The summed E-state index contributed by atoms with van der Waals surface area (Å²) in [6, 6.07) is 15.6. The number of hydrogen-bond acceptors (Lipinski definition) is 3. The standard InChI is InChI=1S/C19H19NO3/c1-2-16(15-6-4-3-5-7-15)20-19(21)11-9-14-8-10-17-18(12-14)23-13-22-17/h3-12,16H,2,13H2,1H3,(H,20,21)/b11-9+/t16-/m0/s1. The van der Waals surface area contributed by atoms with Crippen LogP contribution in [-0.4, -0.2) is 12.7 Å². The second kappa shape index (κ2) is 7.01. The molecule has 0 fully saturated rings. The summed E-state index contributed by atoms with van der Waals surface area (Å²) in [6.45, 7) is 2.30. The Morgan fingerprint density at radius 1 is 1.17 bits per heavy atom. The van der Waals surface area contributed by atoms with Crippen molar-refractivity contribution in [2.75, 3.05) is 6.79 Å². The van der Waals surface area contributed by atoms with Gasteiger partial charge in [-0.1, -0.05) is 43.3 Å². The molecular weight excluding hydrogens is 290 g/mol. The van der Waals surface area contributed by atoms with Crippen LogP contribution in [0.4, 0.5) is 0 Å². The van der Waals surface area contributed by atoms with Gasteiger partial charge in [0, 0.05) is 6.08 Å². The fraction of sp³-hybridized carbons (Fsp3) is 0.211. The van der Waals surface area contributed by atoms with Crippen molar-refractivity contribution in [3.05, 3.63) is 65.7 Å². The molecule has 0 aliphatic carbocycles. The molecule has 0 unspecified atom stereocenters. The van der Waals surface area contributed by atoms with E-state index >= 15 is 0 Å². The third-order valence-electron chi connectivity index (χ3n) is 3.75. The number of hydrogen-bond donors (Lipinski definition) is 1. The molecule has 0 bridgehead atoms. The zero-order valence-corrected chi connectivity index (χ0v) is 13.0. The quantitative estimate of drug-likeness (QED) is 0.857. The zero-order chi connectivity index (χ0) is 16.1. The summed E-state index contributed by atoms with van der Waals surface area (Å²) in [4.78, 5) is 12.1. The van der Waals surface area contributed by atoms with E-state index in [2.05, 4.69) is 12.2 Å². The van der Waals surface area contributed by atoms with Gasteiger partial charge in [-0.3, -0.25) is 4.79 Å². The monoisotopic (exact) mass is 309 g/mol. The highest BCUT2D eigenvalue weighted by Crippen LogP contribution is 2.32. The lowest BCUT2D eigenvalue weighted by atomic mass is 10.0. The second-order valence-corrected chi connectivity index (χ2v) is 5.33. The van der Waals surface area contributed by atoms with Gasteiger partial charge in [0.25, 0.3) is 0 Å². The third-order valence-corrected chi connectivity index (χ3v) is 3.75. The largest absolute Gasteiger partial charge is 0.454 e. The molecule has 0 spiro atoms. The summed E-state index contributed by atoms with van der Waals surface area (Å²) < 4.78 is 10.6. The van der Waals surface area contributed by atoms with Crippen LogP contribution in [0.3, 0.4) is 0 Å². The van der Waals surface area contributed by atoms with Gasteiger partial charge >= 0.3 is 0 Å². The summed E-state index contributed by atoms with van der Waals surface area (Å²) in [5.74, 6) is 1.34. The van der Waals surface area contributed by atoms with E-state index in [4.69, 9.17) is 9.47 Å². The number of fused-ring (bicyclic) bond motifs is 1. The summed E-state index contributed by atoms with van der Waals surface area (Å²) in [5.41, 5.74) is 2.01. The van der Waals surface area contributed by atoms with Crippen LogP contribution in [0.5, 0.6) is 11.5 Å². The minimum Gasteiger partial charge on any atom is -0.454 e. The maximum atomic E-state index is 12.1. The fourth-order valence-corrected chi connectivity index (χ4v) is 2.51. The van der Waals surface area contributed by atoms with Crippen molar-refractivity contribution in [2.45, 2.75) is 19.4 Å². The number of rotatable bonds is 5. The Morgan fingerprint density at radius 2 is 1.96 bits per heavy atom. The van der Waals surface area contributed by atoms with Crippen LogP contribution in [0.25, 0.3) is 6.08 Å². The first-order chi connectivity index (χ1) is 11.3. The van der Waals surface area contributed by atoms with Gasteiger partial charge in [0.05, 0.1) is 6.04 Å². The second-order valence-electron chi connectivity index (χ2n) is 5.33. The lowest BCUT2D eigenvalue weighted by molar-refractivity contribution is -0.117. The summed E-state index contributed by atoms with van der Waals surface area (Å²) in [5, 5.41) is 3.02. The van der Waals surface area contributed by atoms with E-state index in [1.54, 1.807) is 12.2 Å². The van der Waals surface area contributed by atoms with E-state index in [1.165, 1.54) is 0 Å². The fourth-order valence-electron chi connectivity index (χ4n) is 2.51. The van der Waals surface area contributed by atoms with Crippen LogP contribution in [0.1, 0.15) is 30.5 Å². The molecule has 4 nitrogen and oxygen atoms in total. The van der Waals surface area contributed by atoms with Gasteiger partial charge < -0.3 is 14.8 Å². The predicted octanol–water partition coefficient (Wildman–Crippen LogP) is 3.70. The van der Waals surface area contributed by atoms with Crippen LogP contribution >= 0.6 is 0 Å². The van der Waals surface area contributed by atoms with Gasteiger partial charge in [-0.2, -0.15) is 0 Å². The highest BCUT2D eigenvalue weighted by molar-refractivity contribution is 5.92. The molecule has 0 saturated carbocycles. The molecule has 4 heteroatoms. The van der Waals surface area contributed by atoms with Crippen molar-refractivity contribution in [3.8, 4) is 11.5 Å². The molecule has 23 heavy (non-hydrogen) atoms. The van der Waals surface area contributed by atoms with Gasteiger partial charge in [0.1, 0.15) is 0 Å². The SMILES string of the molecule is CC[C@H](NC(=O)/C=C/c1ccc2c(c1)OCO2)c1ccccc1. The Hall–Kier alpha value is -2.75. The van der Waals surface area contributed by atoms with E-state index in [0.29, 0.717) is 5.75 Å². The molecule has 3 rings (SSSR count). The minimum absolute atomic E-state index is 0.0186. The highest BCUT2D eigenvalue weighted by atomic mass is 16.7. The molecule has 2 aromatic carbocycles. The van der Waals surface area contributed by atoms with Gasteiger partial charge in [-0.25, -0.2) is 0 Å². The Kier molecular flexibility index (Phi) is 4.62. The number of carbonyl (C=O) groups is 1. The molecular formula is C19H19NO3. The topological polar surface area (TPSA) is 47.6 Å². The Balaban J connectivity index is 1.64. The Bertz CT molecular complexity index is 710. The third kappa shape index (κ3) is 3.72.